The summed E-state index contributed by atoms with van der Waals surface area (Å²) >= 11 is 0. The summed E-state index contributed by atoms with van der Waals surface area (Å²) in [4.78, 5) is 12.3. The van der Waals surface area contributed by atoms with Crippen LogP contribution in [0.3, 0.4) is 0 Å². The fourth-order valence-corrected chi connectivity index (χ4v) is 2.52. The number of nitrogens with zero attached hydrogens (tertiary/aromatic N) is 3. The molecule has 0 aliphatic rings. The maximum atomic E-state index is 13.8. The summed E-state index contributed by atoms with van der Waals surface area (Å²) in [6.45, 7) is 0. The summed E-state index contributed by atoms with van der Waals surface area (Å²) in [6, 6.07) is 15.8. The predicted molar refractivity (Wildman–Crippen MR) is 96.5 cm³/mol. The Morgan fingerprint density at radius 2 is 1.89 bits per heavy atom. The van der Waals surface area contributed by atoms with Crippen LogP contribution in [0.1, 0.15) is 15.9 Å². The number of anilines is 1. The third-order valence-electron chi connectivity index (χ3n) is 3.85. The first kappa shape index (κ1) is 17.2. The molecule has 2 heterocycles. The van der Waals surface area contributed by atoms with E-state index in [1.807, 2.05) is 6.07 Å². The van der Waals surface area contributed by atoms with Gasteiger partial charge in [0.2, 0.25) is 5.89 Å². The predicted octanol–water partition coefficient (Wildman–Crippen LogP) is 4.26. The van der Waals surface area contributed by atoms with Gasteiger partial charge in [0.25, 0.3) is 11.8 Å². The minimum absolute atomic E-state index is 0.0564. The van der Waals surface area contributed by atoms with Crippen molar-refractivity contribution in [3.63, 3.8) is 0 Å². The van der Waals surface area contributed by atoms with Gasteiger partial charge < -0.3 is 14.2 Å². The topological polar surface area (TPSA) is 105 Å². The summed E-state index contributed by atoms with van der Waals surface area (Å²) in [7, 11) is 0. The van der Waals surface area contributed by atoms with Crippen LogP contribution in [0.15, 0.2) is 69.7 Å². The number of benzene rings is 2. The number of furan rings is 1. The van der Waals surface area contributed by atoms with Gasteiger partial charge >= 0.3 is 0 Å². The van der Waals surface area contributed by atoms with Crippen molar-refractivity contribution < 1.29 is 18.0 Å². The Morgan fingerprint density at radius 1 is 1.07 bits per heavy atom. The van der Waals surface area contributed by atoms with Crippen molar-refractivity contribution in [2.24, 2.45) is 0 Å². The van der Waals surface area contributed by atoms with Gasteiger partial charge in [-0.3, -0.25) is 4.79 Å². The van der Waals surface area contributed by atoms with Crippen LogP contribution >= 0.6 is 0 Å². The van der Waals surface area contributed by atoms with Crippen molar-refractivity contribution >= 4 is 11.6 Å². The van der Waals surface area contributed by atoms with Crippen LogP contribution in [0.4, 0.5) is 10.1 Å². The largest absolute Gasteiger partial charge is 0.458 e. The molecule has 0 saturated heterocycles. The number of nitriles is 1. The summed E-state index contributed by atoms with van der Waals surface area (Å²) in [5.74, 6) is -0.572. The number of carbonyl (C=O) groups excluding carboxylic acids is 1. The number of carbonyl (C=O) groups is 1. The van der Waals surface area contributed by atoms with Gasteiger partial charge in [-0.05, 0) is 30.3 Å². The highest BCUT2D eigenvalue weighted by Crippen LogP contribution is 2.27. The fourth-order valence-electron chi connectivity index (χ4n) is 2.52. The standard InChI is InChI=1S/C20H11FN4O3/c21-16-7-2-1-6-15(16)18(26)23-14-5-3-4-13(9-14)19-24-25-20(28-19)17-8-12(10-22)11-27-17/h1-9,11H,(H,23,26). The lowest BCUT2D eigenvalue weighted by atomic mass is 10.1. The zero-order chi connectivity index (χ0) is 19.5. The summed E-state index contributed by atoms with van der Waals surface area (Å²) in [6.07, 6.45) is 1.29. The van der Waals surface area contributed by atoms with E-state index in [1.54, 1.807) is 30.3 Å². The lowest BCUT2D eigenvalue weighted by Gasteiger charge is -2.06. The lowest BCUT2D eigenvalue weighted by molar-refractivity contribution is 0.102. The van der Waals surface area contributed by atoms with Gasteiger partial charge in [0.05, 0.1) is 11.1 Å². The van der Waals surface area contributed by atoms with E-state index in [9.17, 15) is 9.18 Å². The molecule has 0 aliphatic heterocycles. The molecular formula is C20H11FN4O3. The number of hydrogen-bond acceptors (Lipinski definition) is 6. The molecule has 0 atom stereocenters. The molecule has 4 rings (SSSR count). The van der Waals surface area contributed by atoms with Crippen LogP contribution < -0.4 is 5.32 Å². The van der Waals surface area contributed by atoms with E-state index in [2.05, 4.69) is 15.5 Å². The summed E-state index contributed by atoms with van der Waals surface area (Å²) in [5, 5.41) is 19.3. The quantitative estimate of drug-likeness (QED) is 0.572. The Bertz CT molecular complexity index is 1210. The Balaban J connectivity index is 1.57. The minimum Gasteiger partial charge on any atom is -0.458 e. The van der Waals surface area contributed by atoms with Crippen LogP contribution in [0, 0.1) is 17.1 Å². The fraction of sp³-hybridized carbons (Fsp3) is 0. The first-order chi connectivity index (χ1) is 13.6. The van der Waals surface area contributed by atoms with Gasteiger partial charge in [0.1, 0.15) is 18.1 Å². The Labute approximate surface area is 158 Å². The molecule has 0 aliphatic carbocycles. The van der Waals surface area contributed by atoms with E-state index in [4.69, 9.17) is 14.1 Å². The highest BCUT2D eigenvalue weighted by Gasteiger charge is 2.15. The Morgan fingerprint density at radius 3 is 2.68 bits per heavy atom. The number of aromatic nitrogens is 2. The van der Waals surface area contributed by atoms with Crippen molar-refractivity contribution in [2.75, 3.05) is 5.32 Å². The zero-order valence-corrected chi connectivity index (χ0v) is 14.2. The lowest BCUT2D eigenvalue weighted by Crippen LogP contribution is -2.13. The second-order valence-electron chi connectivity index (χ2n) is 5.74. The monoisotopic (exact) mass is 374 g/mol. The molecule has 4 aromatic rings. The Hall–Kier alpha value is -4.25. The maximum Gasteiger partial charge on any atom is 0.283 e. The van der Waals surface area contributed by atoms with Crippen LogP contribution in [0.25, 0.3) is 23.1 Å². The van der Waals surface area contributed by atoms with Gasteiger partial charge in [-0.15, -0.1) is 10.2 Å². The maximum absolute atomic E-state index is 13.8. The molecule has 0 spiro atoms. The summed E-state index contributed by atoms with van der Waals surface area (Å²) < 4.78 is 24.6. The van der Waals surface area contributed by atoms with Gasteiger partial charge in [-0.25, -0.2) is 4.39 Å². The molecule has 8 heteroatoms. The molecule has 2 aromatic heterocycles. The first-order valence-electron chi connectivity index (χ1n) is 8.13. The van der Waals surface area contributed by atoms with Crippen molar-refractivity contribution in [3.05, 3.63) is 77.8 Å². The number of amides is 1. The number of hydrogen-bond donors (Lipinski definition) is 1. The number of nitrogens with one attached hydrogen (secondary N) is 1. The minimum atomic E-state index is -0.604. The molecule has 0 saturated carbocycles. The van der Waals surface area contributed by atoms with Crippen molar-refractivity contribution in [2.45, 2.75) is 0 Å². The molecular weight excluding hydrogens is 363 g/mol. The highest BCUT2D eigenvalue weighted by molar-refractivity contribution is 6.04. The molecule has 0 bridgehead atoms. The van der Waals surface area contributed by atoms with Crippen molar-refractivity contribution in [1.29, 1.82) is 5.26 Å². The average Bonchev–Trinajstić information content (AvgIpc) is 3.38. The summed E-state index contributed by atoms with van der Waals surface area (Å²) in [5.41, 5.74) is 1.28. The molecule has 1 N–H and O–H groups in total. The molecule has 0 fully saturated rings. The van der Waals surface area contributed by atoms with Gasteiger partial charge in [0, 0.05) is 17.3 Å². The third kappa shape index (κ3) is 3.37. The Kier molecular flexibility index (Phi) is 4.40. The van der Waals surface area contributed by atoms with E-state index < -0.39 is 11.7 Å². The van der Waals surface area contributed by atoms with E-state index >= 15 is 0 Å². The smallest absolute Gasteiger partial charge is 0.283 e. The van der Waals surface area contributed by atoms with Gasteiger partial charge in [-0.1, -0.05) is 18.2 Å². The van der Waals surface area contributed by atoms with E-state index in [1.165, 1.54) is 30.5 Å². The molecule has 7 nitrogen and oxygen atoms in total. The molecule has 2 aromatic carbocycles. The molecule has 0 radical (unpaired) electrons. The SMILES string of the molecule is N#Cc1coc(-c2nnc(-c3cccc(NC(=O)c4ccccc4F)c3)o2)c1. The van der Waals surface area contributed by atoms with Crippen molar-refractivity contribution in [1.82, 2.24) is 10.2 Å². The second kappa shape index (κ2) is 7.17. The first-order valence-corrected chi connectivity index (χ1v) is 8.13. The average molecular weight is 374 g/mol. The van der Waals surface area contributed by atoms with Crippen molar-refractivity contribution in [3.8, 4) is 29.2 Å². The van der Waals surface area contributed by atoms with Crippen LogP contribution in [-0.2, 0) is 0 Å². The molecule has 136 valence electrons. The molecule has 28 heavy (non-hydrogen) atoms. The van der Waals surface area contributed by atoms with E-state index in [-0.39, 0.29) is 23.1 Å². The highest BCUT2D eigenvalue weighted by atomic mass is 19.1. The molecule has 1 amide bonds. The normalized spacial score (nSPS) is 10.4. The van der Waals surface area contributed by atoms with E-state index in [0.717, 1.165) is 0 Å². The van der Waals surface area contributed by atoms with Gasteiger partial charge in [-0.2, -0.15) is 5.26 Å². The third-order valence-corrected chi connectivity index (χ3v) is 3.85. The molecule has 0 unspecified atom stereocenters. The van der Waals surface area contributed by atoms with Crippen LogP contribution in [0.2, 0.25) is 0 Å². The van der Waals surface area contributed by atoms with E-state index in [0.29, 0.717) is 16.8 Å². The zero-order valence-electron chi connectivity index (χ0n) is 14.2. The second-order valence-corrected chi connectivity index (χ2v) is 5.74. The number of rotatable bonds is 4. The van der Waals surface area contributed by atoms with Crippen LogP contribution in [-0.4, -0.2) is 16.1 Å². The number of halogens is 1. The van der Waals surface area contributed by atoms with Crippen LogP contribution in [0.5, 0.6) is 0 Å². The van der Waals surface area contributed by atoms with Gasteiger partial charge in [0.15, 0.2) is 5.76 Å².